The number of nitrogens with zero attached hydrogens (tertiary/aromatic N) is 1. The third-order valence-electron chi connectivity index (χ3n) is 8.95. The lowest BCUT2D eigenvalue weighted by Gasteiger charge is -2.53. The number of carbonyl (C=O) groups excluding carboxylic acids is 1. The van der Waals surface area contributed by atoms with Crippen molar-refractivity contribution in [2.75, 3.05) is 19.0 Å². The van der Waals surface area contributed by atoms with Gasteiger partial charge in [0.25, 0.3) is 0 Å². The molecule has 168 valence electrons. The zero-order valence-corrected chi connectivity index (χ0v) is 20.0. The van der Waals surface area contributed by atoms with Gasteiger partial charge in [-0.3, -0.25) is 4.79 Å². The van der Waals surface area contributed by atoms with Crippen LogP contribution >= 0.6 is 11.6 Å². The van der Waals surface area contributed by atoms with Crippen LogP contribution in [0, 0.1) is 28.6 Å². The standard InChI is InChI=1S/C28H32ClNO2/c1-27-17-24(18-4-7-20(8-5-18)30(2)3)26-22-11-9-21(31)16-19(22)6-10-23(26)25(27)12-13-28(27,32)14-15-29/h4-5,7-8,16,23-25,32H,6,9-13,17H2,1-3H3/t23-,24+,25-,27+,28-/m0/s1. The highest BCUT2D eigenvalue weighted by Gasteiger charge is 2.62. The first-order valence-corrected chi connectivity index (χ1v) is 12.2. The molecule has 4 heteroatoms. The molecule has 0 amide bonds. The Balaban J connectivity index is 1.67. The van der Waals surface area contributed by atoms with Crippen molar-refractivity contribution in [3.8, 4) is 11.3 Å². The molecular weight excluding hydrogens is 418 g/mol. The fourth-order valence-electron chi connectivity index (χ4n) is 7.25. The predicted octanol–water partition coefficient (Wildman–Crippen LogP) is 5.58. The third kappa shape index (κ3) is 3.18. The number of benzene rings is 1. The van der Waals surface area contributed by atoms with E-state index in [9.17, 15) is 9.90 Å². The second-order valence-corrected chi connectivity index (χ2v) is 10.8. The molecule has 4 aliphatic rings. The zero-order chi connectivity index (χ0) is 22.7. The first kappa shape index (κ1) is 21.8. The highest BCUT2D eigenvalue weighted by Crippen LogP contribution is 2.66. The molecule has 0 saturated heterocycles. The molecule has 0 aromatic heterocycles. The SMILES string of the molecule is CN(C)c1ccc([C@H]2C[C@]3(C)[C@@H](CC[C@]3(O)C#CCl)[C@@H]3CCC4=CC(=O)CCC4=C32)cc1. The minimum atomic E-state index is -1.05. The Kier molecular flexibility index (Phi) is 5.31. The molecule has 0 heterocycles. The summed E-state index contributed by atoms with van der Waals surface area (Å²) in [5.41, 5.74) is 5.37. The lowest BCUT2D eigenvalue weighted by molar-refractivity contribution is -0.114. The van der Waals surface area contributed by atoms with Gasteiger partial charge in [-0.15, -0.1) is 0 Å². The van der Waals surface area contributed by atoms with Crippen molar-refractivity contribution in [2.24, 2.45) is 17.3 Å². The maximum atomic E-state index is 12.2. The number of carbonyl (C=O) groups is 1. The molecule has 0 spiro atoms. The fourth-order valence-corrected chi connectivity index (χ4v) is 7.41. The second-order valence-electron chi connectivity index (χ2n) is 10.6. The molecule has 32 heavy (non-hydrogen) atoms. The van der Waals surface area contributed by atoms with E-state index in [1.807, 2.05) is 6.08 Å². The number of fused-ring (bicyclic) bond motifs is 4. The summed E-state index contributed by atoms with van der Waals surface area (Å²) in [6.45, 7) is 2.24. The summed E-state index contributed by atoms with van der Waals surface area (Å²) in [6.07, 6.45) is 7.92. The van der Waals surface area contributed by atoms with Gasteiger partial charge >= 0.3 is 0 Å². The van der Waals surface area contributed by atoms with Crippen LogP contribution in [0.3, 0.4) is 0 Å². The molecule has 5 rings (SSSR count). The van der Waals surface area contributed by atoms with Gasteiger partial charge in [0.15, 0.2) is 5.78 Å². The van der Waals surface area contributed by atoms with E-state index in [-0.39, 0.29) is 17.1 Å². The quantitative estimate of drug-likeness (QED) is 0.599. The third-order valence-corrected chi connectivity index (χ3v) is 9.05. The Morgan fingerprint density at radius 3 is 2.56 bits per heavy atom. The van der Waals surface area contributed by atoms with E-state index in [1.54, 1.807) is 0 Å². The van der Waals surface area contributed by atoms with Gasteiger partial charge in [0.2, 0.25) is 0 Å². The topological polar surface area (TPSA) is 40.5 Å². The predicted molar refractivity (Wildman–Crippen MR) is 130 cm³/mol. The van der Waals surface area contributed by atoms with E-state index < -0.39 is 5.60 Å². The Hall–Kier alpha value is -2.02. The fraction of sp³-hybridized carbons (Fsp3) is 0.536. The lowest BCUT2D eigenvalue weighted by atomic mass is 9.51. The monoisotopic (exact) mass is 449 g/mol. The van der Waals surface area contributed by atoms with E-state index in [4.69, 9.17) is 11.6 Å². The van der Waals surface area contributed by atoms with Crippen LogP contribution in [0.4, 0.5) is 5.69 Å². The molecule has 2 saturated carbocycles. The van der Waals surface area contributed by atoms with Crippen molar-refractivity contribution >= 4 is 23.1 Å². The molecule has 1 aromatic rings. The molecule has 1 aromatic carbocycles. The van der Waals surface area contributed by atoms with Crippen molar-refractivity contribution < 1.29 is 9.90 Å². The lowest BCUT2D eigenvalue weighted by Crippen LogP contribution is -2.51. The smallest absolute Gasteiger partial charge is 0.156 e. The van der Waals surface area contributed by atoms with Crippen LogP contribution in [-0.4, -0.2) is 30.6 Å². The highest BCUT2D eigenvalue weighted by molar-refractivity contribution is 6.30. The highest BCUT2D eigenvalue weighted by atomic mass is 35.5. The van der Waals surface area contributed by atoms with Crippen LogP contribution < -0.4 is 4.90 Å². The molecular formula is C28H32ClNO2. The van der Waals surface area contributed by atoms with Crippen LogP contribution in [0.25, 0.3) is 0 Å². The Morgan fingerprint density at radius 1 is 1.12 bits per heavy atom. The summed E-state index contributed by atoms with van der Waals surface area (Å²) in [5, 5.41) is 14.2. The number of allylic oxidation sites excluding steroid dienone is 4. The Morgan fingerprint density at radius 2 is 1.88 bits per heavy atom. The summed E-state index contributed by atoms with van der Waals surface area (Å²) in [5.74, 6) is 4.32. The van der Waals surface area contributed by atoms with E-state index in [2.05, 4.69) is 61.5 Å². The molecule has 2 fully saturated rings. The van der Waals surface area contributed by atoms with E-state index >= 15 is 0 Å². The summed E-state index contributed by atoms with van der Waals surface area (Å²) in [6, 6.07) is 8.88. The van der Waals surface area contributed by atoms with Crippen molar-refractivity contribution in [3.05, 3.63) is 52.6 Å². The average molecular weight is 450 g/mol. The number of hydrogen-bond donors (Lipinski definition) is 1. The number of hydrogen-bond acceptors (Lipinski definition) is 3. The van der Waals surface area contributed by atoms with Gasteiger partial charge in [-0.05, 0) is 96.9 Å². The number of aliphatic hydroxyl groups is 1. The number of rotatable bonds is 2. The number of ketones is 1. The van der Waals surface area contributed by atoms with E-state index in [1.165, 1.54) is 28.0 Å². The molecule has 0 unspecified atom stereocenters. The van der Waals surface area contributed by atoms with Crippen LogP contribution in [0.1, 0.15) is 63.4 Å². The Labute approximate surface area is 196 Å². The maximum absolute atomic E-state index is 12.2. The minimum Gasteiger partial charge on any atom is -0.378 e. The van der Waals surface area contributed by atoms with Gasteiger partial charge in [0, 0.05) is 42.9 Å². The largest absolute Gasteiger partial charge is 0.378 e. The second kappa shape index (κ2) is 7.79. The van der Waals surface area contributed by atoms with Gasteiger partial charge in [-0.1, -0.05) is 30.6 Å². The van der Waals surface area contributed by atoms with Gasteiger partial charge in [-0.2, -0.15) is 0 Å². The van der Waals surface area contributed by atoms with Crippen molar-refractivity contribution in [1.82, 2.24) is 0 Å². The molecule has 1 N–H and O–H groups in total. The summed E-state index contributed by atoms with van der Waals surface area (Å²) < 4.78 is 0. The van der Waals surface area contributed by atoms with Crippen molar-refractivity contribution in [3.63, 3.8) is 0 Å². The molecule has 0 radical (unpaired) electrons. The normalized spacial score (nSPS) is 35.8. The van der Waals surface area contributed by atoms with Crippen molar-refractivity contribution in [2.45, 2.75) is 63.4 Å². The minimum absolute atomic E-state index is 0.228. The average Bonchev–Trinajstić information content (AvgIpc) is 3.03. The molecule has 5 atom stereocenters. The summed E-state index contributed by atoms with van der Waals surface area (Å²) in [4.78, 5) is 14.3. The summed E-state index contributed by atoms with van der Waals surface area (Å²) >= 11 is 5.83. The summed E-state index contributed by atoms with van der Waals surface area (Å²) in [7, 11) is 4.12. The van der Waals surface area contributed by atoms with Gasteiger partial charge in [0.1, 0.15) is 5.60 Å². The number of halogens is 1. The van der Waals surface area contributed by atoms with Crippen LogP contribution in [0.15, 0.2) is 47.1 Å². The van der Waals surface area contributed by atoms with E-state index in [0.29, 0.717) is 24.7 Å². The Bertz CT molecular complexity index is 1070. The first-order chi connectivity index (χ1) is 15.3. The van der Waals surface area contributed by atoms with Crippen LogP contribution in [0.5, 0.6) is 0 Å². The molecule has 3 nitrogen and oxygen atoms in total. The molecule has 0 bridgehead atoms. The first-order valence-electron chi connectivity index (χ1n) is 11.9. The van der Waals surface area contributed by atoms with E-state index in [0.717, 1.165) is 32.1 Å². The van der Waals surface area contributed by atoms with Gasteiger partial charge in [-0.25, -0.2) is 0 Å². The van der Waals surface area contributed by atoms with Gasteiger partial charge < -0.3 is 10.0 Å². The van der Waals surface area contributed by atoms with Crippen LogP contribution in [0.2, 0.25) is 0 Å². The van der Waals surface area contributed by atoms with Crippen LogP contribution in [-0.2, 0) is 4.79 Å². The number of anilines is 1. The van der Waals surface area contributed by atoms with Crippen molar-refractivity contribution in [1.29, 1.82) is 0 Å². The molecule has 0 aliphatic heterocycles. The zero-order valence-electron chi connectivity index (χ0n) is 19.2. The molecule has 4 aliphatic carbocycles. The van der Waals surface area contributed by atoms with Gasteiger partial charge in [0.05, 0.1) is 0 Å². The maximum Gasteiger partial charge on any atom is 0.156 e.